The number of nitrogens with one attached hydrogen (secondary N) is 1. The van der Waals surface area contributed by atoms with Crippen molar-refractivity contribution in [1.82, 2.24) is 5.32 Å². The zero-order valence-corrected chi connectivity index (χ0v) is 10.2. The van der Waals surface area contributed by atoms with Gasteiger partial charge in [0.05, 0.1) is 12.0 Å². The fourth-order valence-corrected chi connectivity index (χ4v) is 2.19. The fraction of sp³-hybridized carbons (Fsp3) is 0.917. The molecule has 1 fully saturated rings. The predicted molar refractivity (Wildman–Crippen MR) is 62.1 cm³/mol. The van der Waals surface area contributed by atoms with Crippen molar-refractivity contribution in [3.63, 3.8) is 0 Å². The molecule has 0 radical (unpaired) electrons. The average molecular weight is 229 g/mol. The van der Waals surface area contributed by atoms with Gasteiger partial charge in [-0.05, 0) is 25.7 Å². The van der Waals surface area contributed by atoms with E-state index in [0.717, 1.165) is 19.3 Å². The standard InChI is InChI=1S/C12H23NO3/c1-3-9(5-7-14)13-12(15)10-6-8-16-11(10)4-2/h9-11,14H,3-8H2,1-2H3,(H,13,15). The summed E-state index contributed by atoms with van der Waals surface area (Å²) in [5, 5.41) is 11.9. The first-order valence-electron chi connectivity index (χ1n) is 6.25. The average Bonchev–Trinajstić information content (AvgIpc) is 2.76. The van der Waals surface area contributed by atoms with Crippen molar-refractivity contribution in [1.29, 1.82) is 0 Å². The highest BCUT2D eigenvalue weighted by molar-refractivity contribution is 5.79. The van der Waals surface area contributed by atoms with Crippen LogP contribution in [0.4, 0.5) is 0 Å². The van der Waals surface area contributed by atoms with Gasteiger partial charge in [-0.25, -0.2) is 0 Å². The van der Waals surface area contributed by atoms with Crippen molar-refractivity contribution in [3.05, 3.63) is 0 Å². The first-order chi connectivity index (χ1) is 7.72. The van der Waals surface area contributed by atoms with Crippen LogP contribution in [0, 0.1) is 5.92 Å². The van der Waals surface area contributed by atoms with Crippen molar-refractivity contribution in [2.24, 2.45) is 5.92 Å². The lowest BCUT2D eigenvalue weighted by Crippen LogP contribution is -2.41. The molecule has 0 bridgehead atoms. The van der Waals surface area contributed by atoms with Gasteiger partial charge in [0, 0.05) is 19.3 Å². The highest BCUT2D eigenvalue weighted by atomic mass is 16.5. The lowest BCUT2D eigenvalue weighted by Gasteiger charge is -2.21. The summed E-state index contributed by atoms with van der Waals surface area (Å²) in [6.45, 7) is 4.87. The van der Waals surface area contributed by atoms with Crippen LogP contribution in [-0.2, 0) is 9.53 Å². The van der Waals surface area contributed by atoms with Gasteiger partial charge in [-0.15, -0.1) is 0 Å². The summed E-state index contributed by atoms with van der Waals surface area (Å²) < 4.78 is 5.50. The second-order valence-electron chi connectivity index (χ2n) is 4.34. The van der Waals surface area contributed by atoms with E-state index >= 15 is 0 Å². The van der Waals surface area contributed by atoms with Crippen LogP contribution in [-0.4, -0.2) is 36.4 Å². The first-order valence-corrected chi connectivity index (χ1v) is 6.25. The van der Waals surface area contributed by atoms with Gasteiger partial charge >= 0.3 is 0 Å². The molecule has 1 aliphatic heterocycles. The Kier molecular flexibility index (Phi) is 5.77. The third-order valence-corrected chi connectivity index (χ3v) is 3.27. The molecule has 3 atom stereocenters. The van der Waals surface area contributed by atoms with E-state index in [-0.39, 0.29) is 30.6 Å². The Labute approximate surface area is 97.4 Å². The van der Waals surface area contributed by atoms with Crippen molar-refractivity contribution < 1.29 is 14.6 Å². The Balaban J connectivity index is 2.43. The summed E-state index contributed by atoms with van der Waals surface area (Å²) >= 11 is 0. The maximum Gasteiger partial charge on any atom is 0.226 e. The predicted octanol–water partition coefficient (Wildman–Crippen LogP) is 1.08. The minimum Gasteiger partial charge on any atom is -0.396 e. The minimum absolute atomic E-state index is 0.00209. The molecular weight excluding hydrogens is 206 g/mol. The van der Waals surface area contributed by atoms with Crippen LogP contribution in [0.2, 0.25) is 0 Å². The minimum atomic E-state index is -0.00209. The number of amides is 1. The van der Waals surface area contributed by atoms with E-state index in [1.165, 1.54) is 0 Å². The number of hydrogen-bond donors (Lipinski definition) is 2. The van der Waals surface area contributed by atoms with Crippen molar-refractivity contribution in [2.45, 2.75) is 51.7 Å². The van der Waals surface area contributed by atoms with Crippen molar-refractivity contribution in [3.8, 4) is 0 Å². The van der Waals surface area contributed by atoms with Crippen molar-refractivity contribution >= 4 is 5.91 Å². The SMILES string of the molecule is CCC(CCO)NC(=O)C1CCOC1CC. The van der Waals surface area contributed by atoms with Gasteiger partial charge in [-0.1, -0.05) is 13.8 Å². The van der Waals surface area contributed by atoms with Gasteiger partial charge in [-0.3, -0.25) is 4.79 Å². The van der Waals surface area contributed by atoms with Crippen LogP contribution < -0.4 is 5.32 Å². The van der Waals surface area contributed by atoms with Crippen LogP contribution in [0.1, 0.15) is 39.5 Å². The molecular formula is C12H23NO3. The van der Waals surface area contributed by atoms with E-state index < -0.39 is 0 Å². The van der Waals surface area contributed by atoms with Gasteiger partial charge < -0.3 is 15.2 Å². The van der Waals surface area contributed by atoms with E-state index in [1.807, 2.05) is 13.8 Å². The summed E-state index contributed by atoms with van der Waals surface area (Å²) in [6.07, 6.45) is 3.27. The Morgan fingerprint density at radius 3 is 2.88 bits per heavy atom. The van der Waals surface area contributed by atoms with Crippen LogP contribution >= 0.6 is 0 Å². The maximum atomic E-state index is 12.0. The molecule has 0 spiro atoms. The van der Waals surface area contributed by atoms with E-state index in [0.29, 0.717) is 13.0 Å². The molecule has 16 heavy (non-hydrogen) atoms. The van der Waals surface area contributed by atoms with Crippen molar-refractivity contribution in [2.75, 3.05) is 13.2 Å². The van der Waals surface area contributed by atoms with Crippen LogP contribution in [0.5, 0.6) is 0 Å². The Hall–Kier alpha value is -0.610. The molecule has 4 heteroatoms. The zero-order chi connectivity index (χ0) is 12.0. The normalized spacial score (nSPS) is 26.7. The highest BCUT2D eigenvalue weighted by Crippen LogP contribution is 2.23. The molecule has 0 aromatic heterocycles. The summed E-state index contributed by atoms with van der Waals surface area (Å²) in [4.78, 5) is 12.0. The lowest BCUT2D eigenvalue weighted by atomic mass is 9.98. The molecule has 0 aromatic rings. The molecule has 3 unspecified atom stereocenters. The molecule has 4 nitrogen and oxygen atoms in total. The number of aliphatic hydroxyl groups excluding tert-OH is 1. The quantitative estimate of drug-likeness (QED) is 0.716. The molecule has 0 aromatic carbocycles. The van der Waals surface area contributed by atoms with Gasteiger partial charge in [0.15, 0.2) is 0 Å². The number of ether oxygens (including phenoxy) is 1. The largest absolute Gasteiger partial charge is 0.396 e. The van der Waals surface area contributed by atoms with E-state index in [1.54, 1.807) is 0 Å². The molecule has 2 N–H and O–H groups in total. The molecule has 94 valence electrons. The van der Waals surface area contributed by atoms with Gasteiger partial charge in [-0.2, -0.15) is 0 Å². The molecule has 0 saturated carbocycles. The number of hydrogen-bond acceptors (Lipinski definition) is 3. The zero-order valence-electron chi connectivity index (χ0n) is 10.2. The smallest absolute Gasteiger partial charge is 0.226 e. The van der Waals surface area contributed by atoms with Gasteiger partial charge in [0.1, 0.15) is 0 Å². The van der Waals surface area contributed by atoms with Crippen LogP contribution in [0.15, 0.2) is 0 Å². The molecule has 0 aliphatic carbocycles. The number of carbonyl (C=O) groups is 1. The van der Waals surface area contributed by atoms with E-state index in [4.69, 9.17) is 9.84 Å². The van der Waals surface area contributed by atoms with Crippen LogP contribution in [0.25, 0.3) is 0 Å². The van der Waals surface area contributed by atoms with Gasteiger partial charge in [0.2, 0.25) is 5.91 Å². The molecule has 1 aliphatic rings. The second kappa shape index (κ2) is 6.86. The molecule has 1 saturated heterocycles. The molecule has 1 amide bonds. The Morgan fingerprint density at radius 1 is 1.56 bits per heavy atom. The number of aliphatic hydroxyl groups is 1. The van der Waals surface area contributed by atoms with Crippen LogP contribution in [0.3, 0.4) is 0 Å². The fourth-order valence-electron chi connectivity index (χ4n) is 2.19. The summed E-state index contributed by atoms with van der Waals surface area (Å²) in [6, 6.07) is 0.0932. The maximum absolute atomic E-state index is 12.0. The highest BCUT2D eigenvalue weighted by Gasteiger charge is 2.33. The Bertz CT molecular complexity index is 220. The third kappa shape index (κ3) is 3.46. The topological polar surface area (TPSA) is 58.6 Å². The Morgan fingerprint density at radius 2 is 2.31 bits per heavy atom. The number of rotatable bonds is 6. The van der Waals surface area contributed by atoms with E-state index in [2.05, 4.69) is 5.32 Å². The monoisotopic (exact) mass is 229 g/mol. The summed E-state index contributed by atoms with van der Waals surface area (Å²) in [5.74, 6) is 0.0855. The molecule has 1 heterocycles. The third-order valence-electron chi connectivity index (χ3n) is 3.27. The lowest BCUT2D eigenvalue weighted by molar-refractivity contribution is -0.127. The summed E-state index contributed by atoms with van der Waals surface area (Å²) in [5.41, 5.74) is 0. The van der Waals surface area contributed by atoms with E-state index in [9.17, 15) is 4.79 Å². The second-order valence-corrected chi connectivity index (χ2v) is 4.34. The summed E-state index contributed by atoms with van der Waals surface area (Å²) in [7, 11) is 0. The number of carbonyl (C=O) groups excluding carboxylic acids is 1. The van der Waals surface area contributed by atoms with Gasteiger partial charge in [0.25, 0.3) is 0 Å². The molecule has 1 rings (SSSR count). The first kappa shape index (κ1) is 13.5.